The molecule has 0 saturated heterocycles. The van der Waals surface area contributed by atoms with Crippen LogP contribution in [0.15, 0.2) is 10.9 Å². The van der Waals surface area contributed by atoms with Crippen LogP contribution in [0, 0.1) is 0 Å². The number of ether oxygens (including phenoxy) is 1. The first-order valence-corrected chi connectivity index (χ1v) is 5.05. The number of aliphatic carboxylic acids is 1. The molecule has 1 aromatic rings. The molecule has 1 aromatic heterocycles. The van der Waals surface area contributed by atoms with Crippen molar-refractivity contribution >= 4 is 17.6 Å². The number of carboxylic acids is 1. The van der Waals surface area contributed by atoms with E-state index < -0.39 is 30.2 Å². The molecule has 0 spiro atoms. The summed E-state index contributed by atoms with van der Waals surface area (Å²) in [5.41, 5.74) is -1.20. The molecule has 0 aliphatic carbocycles. The molecule has 0 radical (unpaired) electrons. The van der Waals surface area contributed by atoms with E-state index in [4.69, 9.17) is 16.7 Å². The Morgan fingerprint density at radius 3 is 2.56 bits per heavy atom. The van der Waals surface area contributed by atoms with E-state index in [9.17, 15) is 22.8 Å². The van der Waals surface area contributed by atoms with E-state index in [0.717, 1.165) is 6.07 Å². The van der Waals surface area contributed by atoms with E-state index in [1.807, 2.05) is 0 Å². The molecule has 0 aromatic carbocycles. The summed E-state index contributed by atoms with van der Waals surface area (Å²) in [5.74, 6) is -2.63. The summed E-state index contributed by atoms with van der Waals surface area (Å²) >= 11 is 5.45. The van der Waals surface area contributed by atoms with E-state index >= 15 is 0 Å². The molecule has 18 heavy (non-hydrogen) atoms. The van der Waals surface area contributed by atoms with E-state index in [-0.39, 0.29) is 17.0 Å². The van der Waals surface area contributed by atoms with Gasteiger partial charge in [-0.3, -0.25) is 14.6 Å². The predicted molar refractivity (Wildman–Crippen MR) is 54.6 cm³/mol. The SMILES string of the molecule is O=C(O)Cc1c(CCl)cc(=O)[nH]c1OC(F)(F)F. The van der Waals surface area contributed by atoms with Crippen molar-refractivity contribution in [3.05, 3.63) is 27.5 Å². The van der Waals surface area contributed by atoms with Crippen molar-refractivity contribution in [1.82, 2.24) is 4.98 Å². The first kappa shape index (κ1) is 14.4. The van der Waals surface area contributed by atoms with Gasteiger partial charge < -0.3 is 9.84 Å². The lowest BCUT2D eigenvalue weighted by Gasteiger charge is -2.13. The molecule has 0 atom stereocenters. The molecule has 1 rings (SSSR count). The number of halogens is 4. The minimum absolute atomic E-state index is 0.0259. The molecule has 0 aliphatic rings. The number of pyridine rings is 1. The van der Waals surface area contributed by atoms with Crippen LogP contribution < -0.4 is 10.3 Å². The number of carbonyl (C=O) groups is 1. The molecule has 0 amide bonds. The Kier molecular flexibility index (Phi) is 4.23. The second-order valence-corrected chi connectivity index (χ2v) is 3.49. The van der Waals surface area contributed by atoms with Gasteiger partial charge in [-0.25, -0.2) is 0 Å². The van der Waals surface area contributed by atoms with Crippen LogP contribution in [-0.4, -0.2) is 22.4 Å². The molecular formula is C9H7ClF3NO4. The van der Waals surface area contributed by atoms with Gasteiger partial charge in [-0.1, -0.05) is 0 Å². The molecule has 0 aliphatic heterocycles. The normalized spacial score (nSPS) is 11.3. The van der Waals surface area contributed by atoms with E-state index in [1.165, 1.54) is 0 Å². The standard InChI is InChI=1S/C9H7ClF3NO4/c10-3-4-1-6(15)14-8(18-9(11,12)13)5(4)2-7(16)17/h1H,2-3H2,(H,14,15)(H,16,17). The highest BCUT2D eigenvalue weighted by molar-refractivity contribution is 6.17. The molecule has 1 heterocycles. The van der Waals surface area contributed by atoms with Crippen molar-refractivity contribution in [2.45, 2.75) is 18.7 Å². The molecule has 5 nitrogen and oxygen atoms in total. The highest BCUT2D eigenvalue weighted by Gasteiger charge is 2.33. The number of aromatic amines is 1. The molecule has 0 unspecified atom stereocenters. The quantitative estimate of drug-likeness (QED) is 0.824. The summed E-state index contributed by atoms with van der Waals surface area (Å²) in [6.45, 7) is 0. The largest absolute Gasteiger partial charge is 0.574 e. The van der Waals surface area contributed by atoms with Gasteiger partial charge in [0, 0.05) is 17.5 Å². The smallest absolute Gasteiger partial charge is 0.481 e. The van der Waals surface area contributed by atoms with Crippen molar-refractivity contribution in [3.8, 4) is 5.88 Å². The number of hydrogen-bond donors (Lipinski definition) is 2. The third-order valence-corrected chi connectivity index (χ3v) is 2.18. The van der Waals surface area contributed by atoms with E-state index in [0.29, 0.717) is 0 Å². The van der Waals surface area contributed by atoms with Crippen LogP contribution >= 0.6 is 11.6 Å². The first-order valence-electron chi connectivity index (χ1n) is 4.51. The lowest BCUT2D eigenvalue weighted by atomic mass is 10.1. The number of alkyl halides is 4. The van der Waals surface area contributed by atoms with Crippen LogP contribution in [0.5, 0.6) is 5.88 Å². The second kappa shape index (κ2) is 5.30. The number of nitrogens with one attached hydrogen (secondary N) is 1. The average Bonchev–Trinajstić information content (AvgIpc) is 2.18. The van der Waals surface area contributed by atoms with Gasteiger partial charge in [0.1, 0.15) is 0 Å². The molecule has 0 fully saturated rings. The first-order chi connectivity index (χ1) is 8.23. The Morgan fingerprint density at radius 1 is 1.50 bits per heavy atom. The maximum absolute atomic E-state index is 12.1. The number of hydrogen-bond acceptors (Lipinski definition) is 3. The third-order valence-electron chi connectivity index (χ3n) is 1.89. The Bertz CT molecular complexity index is 512. The molecule has 2 N–H and O–H groups in total. The Morgan fingerprint density at radius 2 is 2.11 bits per heavy atom. The maximum atomic E-state index is 12.1. The van der Waals surface area contributed by atoms with Gasteiger partial charge in [-0.05, 0) is 5.56 Å². The van der Waals surface area contributed by atoms with Crippen molar-refractivity contribution in [2.75, 3.05) is 0 Å². The topological polar surface area (TPSA) is 79.4 Å². The monoisotopic (exact) mass is 285 g/mol. The van der Waals surface area contributed by atoms with Gasteiger partial charge in [0.05, 0.1) is 6.42 Å². The van der Waals surface area contributed by atoms with Crippen molar-refractivity contribution in [2.24, 2.45) is 0 Å². The van der Waals surface area contributed by atoms with Crippen LogP contribution in [0.2, 0.25) is 0 Å². The average molecular weight is 286 g/mol. The van der Waals surface area contributed by atoms with Gasteiger partial charge in [0.2, 0.25) is 5.88 Å². The minimum Gasteiger partial charge on any atom is -0.481 e. The summed E-state index contributed by atoms with van der Waals surface area (Å²) in [5, 5.41) is 8.61. The predicted octanol–water partition coefficient (Wildman–Crippen LogP) is 1.64. The van der Waals surface area contributed by atoms with Crippen LogP contribution in [0.3, 0.4) is 0 Å². The summed E-state index contributed by atoms with van der Waals surface area (Å²) in [4.78, 5) is 23.4. The molecular weight excluding hydrogens is 279 g/mol. The van der Waals surface area contributed by atoms with Crippen molar-refractivity contribution < 1.29 is 27.8 Å². The number of aromatic nitrogens is 1. The highest BCUT2D eigenvalue weighted by Crippen LogP contribution is 2.26. The fourth-order valence-electron chi connectivity index (χ4n) is 1.28. The zero-order valence-electron chi connectivity index (χ0n) is 8.68. The molecule has 0 saturated carbocycles. The Labute approximate surface area is 103 Å². The van der Waals surface area contributed by atoms with Crippen LogP contribution in [0.1, 0.15) is 11.1 Å². The third kappa shape index (κ3) is 3.95. The van der Waals surface area contributed by atoms with Gasteiger partial charge in [0.25, 0.3) is 5.56 Å². The van der Waals surface area contributed by atoms with Gasteiger partial charge in [-0.2, -0.15) is 0 Å². The zero-order valence-corrected chi connectivity index (χ0v) is 9.43. The minimum atomic E-state index is -5.04. The number of rotatable bonds is 4. The summed E-state index contributed by atoms with van der Waals surface area (Å²) in [6.07, 6.45) is -5.79. The van der Waals surface area contributed by atoms with Crippen LogP contribution in [0.25, 0.3) is 0 Å². The van der Waals surface area contributed by atoms with Gasteiger partial charge in [0.15, 0.2) is 0 Å². The summed E-state index contributed by atoms with van der Waals surface area (Å²) in [7, 11) is 0. The molecule has 9 heteroatoms. The van der Waals surface area contributed by atoms with Crippen LogP contribution in [-0.2, 0) is 17.1 Å². The summed E-state index contributed by atoms with van der Waals surface area (Å²) in [6, 6.07) is 0.925. The van der Waals surface area contributed by atoms with Gasteiger partial charge in [-0.15, -0.1) is 24.8 Å². The molecule has 100 valence electrons. The van der Waals surface area contributed by atoms with Crippen LogP contribution in [0.4, 0.5) is 13.2 Å². The van der Waals surface area contributed by atoms with Crippen molar-refractivity contribution in [3.63, 3.8) is 0 Å². The lowest BCUT2D eigenvalue weighted by molar-refractivity contribution is -0.276. The maximum Gasteiger partial charge on any atom is 0.574 e. The highest BCUT2D eigenvalue weighted by atomic mass is 35.5. The lowest BCUT2D eigenvalue weighted by Crippen LogP contribution is -2.23. The zero-order chi connectivity index (χ0) is 13.9. The fourth-order valence-corrected chi connectivity index (χ4v) is 1.52. The van der Waals surface area contributed by atoms with Gasteiger partial charge >= 0.3 is 12.3 Å². The number of H-pyrrole nitrogens is 1. The van der Waals surface area contributed by atoms with E-state index in [2.05, 4.69) is 4.74 Å². The number of carboxylic acid groups (broad SMARTS) is 1. The Balaban J connectivity index is 3.32. The Hall–Kier alpha value is -1.70. The summed E-state index contributed by atoms with van der Waals surface area (Å²) < 4.78 is 39.9. The van der Waals surface area contributed by atoms with E-state index in [1.54, 1.807) is 4.98 Å². The van der Waals surface area contributed by atoms with Crippen molar-refractivity contribution in [1.29, 1.82) is 0 Å². The second-order valence-electron chi connectivity index (χ2n) is 3.22. The molecule has 0 bridgehead atoms. The fraction of sp³-hybridized carbons (Fsp3) is 0.333.